The minimum Gasteiger partial charge on any atom is -0.339 e. The first kappa shape index (κ1) is 16.4. The average Bonchev–Trinajstić information content (AvgIpc) is 3.36. The molecule has 0 aromatic heterocycles. The van der Waals surface area contributed by atoms with Gasteiger partial charge in [0.1, 0.15) is 0 Å². The summed E-state index contributed by atoms with van der Waals surface area (Å²) < 4.78 is 27.3. The molecular formula is C18H24F2N2O. The highest BCUT2D eigenvalue weighted by Gasteiger charge is 2.48. The second-order valence-electron chi connectivity index (χ2n) is 6.60. The van der Waals surface area contributed by atoms with Crippen molar-refractivity contribution < 1.29 is 13.6 Å². The van der Waals surface area contributed by atoms with Gasteiger partial charge >= 0.3 is 0 Å². The van der Waals surface area contributed by atoms with E-state index in [-0.39, 0.29) is 23.8 Å². The van der Waals surface area contributed by atoms with Crippen LogP contribution < -0.4 is 5.32 Å². The van der Waals surface area contributed by atoms with Crippen LogP contribution in [0.2, 0.25) is 0 Å². The normalized spacial score (nSPS) is 24.5. The lowest BCUT2D eigenvalue weighted by atomic mass is 10.0. The van der Waals surface area contributed by atoms with E-state index in [9.17, 15) is 13.6 Å². The van der Waals surface area contributed by atoms with E-state index in [1.54, 1.807) is 6.07 Å². The zero-order valence-corrected chi connectivity index (χ0v) is 13.5. The number of nitrogens with zero attached hydrogens (tertiary/aromatic N) is 1. The third kappa shape index (κ3) is 3.39. The van der Waals surface area contributed by atoms with Crippen LogP contribution in [0.4, 0.5) is 8.78 Å². The SMILES string of the molecule is CCCN(C(=O)C1CC1c1cccc(F)c1F)C1CCNCC1. The zero-order chi connectivity index (χ0) is 16.4. The number of carbonyl (C=O) groups excluding carboxylic acids is 1. The molecule has 23 heavy (non-hydrogen) atoms. The fourth-order valence-electron chi connectivity index (χ4n) is 3.66. The lowest BCUT2D eigenvalue weighted by molar-refractivity contribution is -0.135. The standard InChI is InChI=1S/C18H24F2N2O/c1-2-10-22(12-6-8-21-9-7-12)18(23)15-11-14(15)13-4-3-5-16(19)17(13)20/h3-5,12,14-15,21H,2,6-11H2,1H3. The van der Waals surface area contributed by atoms with Crippen molar-refractivity contribution in [2.75, 3.05) is 19.6 Å². The monoisotopic (exact) mass is 322 g/mol. The molecule has 0 radical (unpaired) electrons. The van der Waals surface area contributed by atoms with Crippen molar-refractivity contribution >= 4 is 5.91 Å². The second kappa shape index (κ2) is 6.95. The first-order valence-electron chi connectivity index (χ1n) is 8.58. The van der Waals surface area contributed by atoms with Gasteiger partial charge < -0.3 is 10.2 Å². The Bertz CT molecular complexity index is 572. The van der Waals surface area contributed by atoms with Crippen LogP contribution >= 0.6 is 0 Å². The van der Waals surface area contributed by atoms with Gasteiger partial charge in [0.15, 0.2) is 11.6 Å². The van der Waals surface area contributed by atoms with Crippen molar-refractivity contribution in [2.24, 2.45) is 5.92 Å². The first-order valence-corrected chi connectivity index (χ1v) is 8.58. The van der Waals surface area contributed by atoms with Gasteiger partial charge in [-0.2, -0.15) is 0 Å². The largest absolute Gasteiger partial charge is 0.339 e. The molecule has 1 N–H and O–H groups in total. The molecule has 1 aromatic rings. The first-order chi connectivity index (χ1) is 11.1. The highest BCUT2D eigenvalue weighted by molar-refractivity contribution is 5.83. The van der Waals surface area contributed by atoms with Crippen LogP contribution in [0.3, 0.4) is 0 Å². The van der Waals surface area contributed by atoms with Gasteiger partial charge in [-0.1, -0.05) is 19.1 Å². The lowest BCUT2D eigenvalue weighted by Gasteiger charge is -2.35. The predicted octanol–water partition coefficient (Wildman–Crippen LogP) is 3.06. The lowest BCUT2D eigenvalue weighted by Crippen LogP contribution is -2.47. The van der Waals surface area contributed by atoms with E-state index >= 15 is 0 Å². The highest BCUT2D eigenvalue weighted by atomic mass is 19.2. The molecule has 1 aliphatic carbocycles. The van der Waals surface area contributed by atoms with Crippen LogP contribution in [0.1, 0.15) is 44.1 Å². The summed E-state index contributed by atoms with van der Waals surface area (Å²) >= 11 is 0. The van der Waals surface area contributed by atoms with E-state index in [0.717, 1.165) is 45.0 Å². The summed E-state index contributed by atoms with van der Waals surface area (Å²) in [6, 6.07) is 4.52. The van der Waals surface area contributed by atoms with Gasteiger partial charge in [0.2, 0.25) is 5.91 Å². The van der Waals surface area contributed by atoms with Crippen LogP contribution in [0, 0.1) is 17.6 Å². The van der Waals surface area contributed by atoms with E-state index in [1.165, 1.54) is 6.07 Å². The maximum Gasteiger partial charge on any atom is 0.226 e. The molecule has 2 fully saturated rings. The molecule has 1 saturated carbocycles. The highest BCUT2D eigenvalue weighted by Crippen LogP contribution is 2.49. The number of nitrogens with one attached hydrogen (secondary N) is 1. The van der Waals surface area contributed by atoms with Crippen molar-refractivity contribution in [3.8, 4) is 0 Å². The van der Waals surface area contributed by atoms with E-state index in [2.05, 4.69) is 12.2 Å². The fourth-order valence-corrected chi connectivity index (χ4v) is 3.66. The summed E-state index contributed by atoms with van der Waals surface area (Å²) in [6.45, 7) is 4.69. The van der Waals surface area contributed by atoms with E-state index in [4.69, 9.17) is 0 Å². The van der Waals surface area contributed by atoms with Gasteiger partial charge in [-0.05, 0) is 56.3 Å². The minimum absolute atomic E-state index is 0.118. The van der Waals surface area contributed by atoms with Crippen molar-refractivity contribution in [3.63, 3.8) is 0 Å². The molecule has 1 saturated heterocycles. The topological polar surface area (TPSA) is 32.3 Å². The summed E-state index contributed by atoms with van der Waals surface area (Å²) in [5, 5.41) is 3.31. The average molecular weight is 322 g/mol. The van der Waals surface area contributed by atoms with Crippen LogP contribution in [0.5, 0.6) is 0 Å². The smallest absolute Gasteiger partial charge is 0.226 e. The number of hydrogen-bond acceptors (Lipinski definition) is 2. The molecule has 3 nitrogen and oxygen atoms in total. The van der Waals surface area contributed by atoms with Gasteiger partial charge in [0.05, 0.1) is 0 Å². The molecule has 2 unspecified atom stereocenters. The van der Waals surface area contributed by atoms with Crippen LogP contribution in [0.15, 0.2) is 18.2 Å². The van der Waals surface area contributed by atoms with Gasteiger partial charge in [0, 0.05) is 18.5 Å². The number of carbonyl (C=O) groups is 1. The number of benzene rings is 1. The van der Waals surface area contributed by atoms with Gasteiger partial charge in [-0.15, -0.1) is 0 Å². The summed E-state index contributed by atoms with van der Waals surface area (Å²) in [7, 11) is 0. The van der Waals surface area contributed by atoms with Gasteiger partial charge in [-0.3, -0.25) is 4.79 Å². The Hall–Kier alpha value is -1.49. The summed E-state index contributed by atoms with van der Waals surface area (Å²) in [6.07, 6.45) is 3.49. The Labute approximate surface area is 136 Å². The fraction of sp³-hybridized carbons (Fsp3) is 0.611. The molecular weight excluding hydrogens is 298 g/mol. The molecule has 1 amide bonds. The van der Waals surface area contributed by atoms with E-state index in [0.29, 0.717) is 12.0 Å². The Morgan fingerprint density at radius 1 is 1.30 bits per heavy atom. The van der Waals surface area contributed by atoms with Crippen molar-refractivity contribution in [1.82, 2.24) is 10.2 Å². The van der Waals surface area contributed by atoms with Crippen molar-refractivity contribution in [3.05, 3.63) is 35.4 Å². The summed E-state index contributed by atoms with van der Waals surface area (Å²) in [5.74, 6) is -1.86. The van der Waals surface area contributed by atoms with Gasteiger partial charge in [-0.25, -0.2) is 8.78 Å². The molecule has 126 valence electrons. The third-order valence-electron chi connectivity index (χ3n) is 4.99. The molecule has 2 aliphatic rings. The Morgan fingerprint density at radius 2 is 2.04 bits per heavy atom. The molecule has 3 rings (SSSR count). The number of rotatable bonds is 5. The van der Waals surface area contributed by atoms with Crippen molar-refractivity contribution in [2.45, 2.75) is 44.6 Å². The quantitative estimate of drug-likeness (QED) is 0.903. The third-order valence-corrected chi connectivity index (χ3v) is 4.99. The zero-order valence-electron chi connectivity index (χ0n) is 13.5. The van der Waals surface area contributed by atoms with E-state index in [1.807, 2.05) is 4.90 Å². The van der Waals surface area contributed by atoms with Crippen LogP contribution in [0.25, 0.3) is 0 Å². The molecule has 1 heterocycles. The molecule has 5 heteroatoms. The van der Waals surface area contributed by atoms with Crippen LogP contribution in [-0.2, 0) is 4.79 Å². The maximum atomic E-state index is 13.9. The Morgan fingerprint density at radius 3 is 2.74 bits per heavy atom. The number of halogens is 2. The summed E-state index contributed by atoms with van der Waals surface area (Å²) in [4.78, 5) is 14.9. The second-order valence-corrected chi connectivity index (χ2v) is 6.60. The molecule has 2 atom stereocenters. The Kier molecular flexibility index (Phi) is 4.95. The van der Waals surface area contributed by atoms with Gasteiger partial charge in [0.25, 0.3) is 0 Å². The number of piperidine rings is 1. The van der Waals surface area contributed by atoms with E-state index < -0.39 is 11.6 Å². The summed E-state index contributed by atoms with van der Waals surface area (Å²) in [5.41, 5.74) is 0.352. The number of amides is 1. The maximum absolute atomic E-state index is 13.9. The molecule has 0 spiro atoms. The Balaban J connectivity index is 1.71. The van der Waals surface area contributed by atoms with Crippen LogP contribution in [-0.4, -0.2) is 36.5 Å². The predicted molar refractivity (Wildman–Crippen MR) is 85.1 cm³/mol. The molecule has 1 aliphatic heterocycles. The minimum atomic E-state index is -0.829. The number of hydrogen-bond donors (Lipinski definition) is 1. The molecule has 1 aromatic carbocycles. The molecule has 0 bridgehead atoms. The van der Waals surface area contributed by atoms with Crippen molar-refractivity contribution in [1.29, 1.82) is 0 Å².